The monoisotopic (exact) mass is 331 g/mol. The summed E-state index contributed by atoms with van der Waals surface area (Å²) in [5.74, 6) is 0.240. The van der Waals surface area contributed by atoms with Crippen molar-refractivity contribution < 1.29 is 9.53 Å². The van der Waals surface area contributed by atoms with Crippen molar-refractivity contribution >= 4 is 29.3 Å². The summed E-state index contributed by atoms with van der Waals surface area (Å²) in [5.41, 5.74) is 0.431. The molecule has 1 saturated heterocycles. The van der Waals surface area contributed by atoms with E-state index in [1.807, 2.05) is 20.8 Å². The number of rotatable bonds is 1. The first-order valence-electron chi connectivity index (χ1n) is 6.93. The van der Waals surface area contributed by atoms with Crippen molar-refractivity contribution in [1.29, 1.82) is 0 Å². The predicted octanol–water partition coefficient (Wildman–Crippen LogP) is 3.90. The van der Waals surface area contributed by atoms with Crippen LogP contribution in [0.25, 0.3) is 0 Å². The summed E-state index contributed by atoms with van der Waals surface area (Å²) in [6.07, 6.45) is 1.35. The molecule has 1 aromatic rings. The molecular weight excluding hydrogens is 313 g/mol. The molecule has 0 aromatic carbocycles. The molecule has 0 bridgehead atoms. The number of hydrogen-bond donors (Lipinski definition) is 0. The van der Waals surface area contributed by atoms with Crippen LogP contribution < -0.4 is 0 Å². The molecule has 0 atom stereocenters. The van der Waals surface area contributed by atoms with E-state index in [-0.39, 0.29) is 12.0 Å². The first-order chi connectivity index (χ1) is 9.76. The van der Waals surface area contributed by atoms with Crippen LogP contribution in [0.15, 0.2) is 6.07 Å². The van der Waals surface area contributed by atoms with E-state index in [0.29, 0.717) is 23.4 Å². The quantitative estimate of drug-likeness (QED) is 0.783. The Hall–Kier alpha value is -1.07. The zero-order valence-electron chi connectivity index (χ0n) is 12.4. The third-order valence-electron chi connectivity index (χ3n) is 3.33. The van der Waals surface area contributed by atoms with E-state index in [0.717, 1.165) is 18.4 Å². The minimum Gasteiger partial charge on any atom is -0.444 e. The molecule has 21 heavy (non-hydrogen) atoms. The number of likely N-dealkylation sites (tertiary alicyclic amines) is 1. The number of ether oxygens (including phenoxy) is 1. The van der Waals surface area contributed by atoms with Gasteiger partial charge in [-0.1, -0.05) is 23.2 Å². The minimum atomic E-state index is -0.472. The van der Waals surface area contributed by atoms with Crippen LogP contribution in [0.1, 0.15) is 45.1 Å². The summed E-state index contributed by atoms with van der Waals surface area (Å²) in [6.45, 7) is 6.86. The smallest absolute Gasteiger partial charge is 0.410 e. The molecule has 1 fully saturated rings. The normalized spacial score (nSPS) is 16.9. The van der Waals surface area contributed by atoms with Gasteiger partial charge >= 0.3 is 6.09 Å². The second-order valence-electron chi connectivity index (χ2n) is 6.15. The van der Waals surface area contributed by atoms with Crippen molar-refractivity contribution in [3.05, 3.63) is 21.9 Å². The highest BCUT2D eigenvalue weighted by Crippen LogP contribution is 2.33. The van der Waals surface area contributed by atoms with Crippen molar-refractivity contribution in [2.24, 2.45) is 0 Å². The van der Waals surface area contributed by atoms with Crippen LogP contribution >= 0.6 is 23.2 Å². The van der Waals surface area contributed by atoms with Gasteiger partial charge in [0.2, 0.25) is 0 Å². The van der Waals surface area contributed by atoms with E-state index >= 15 is 0 Å². The fraction of sp³-hybridized carbons (Fsp3) is 0.643. The molecule has 5 nitrogen and oxygen atoms in total. The Morgan fingerprint density at radius 3 is 2.48 bits per heavy atom. The number of piperidine rings is 1. The summed E-state index contributed by atoms with van der Waals surface area (Å²) in [7, 11) is 0. The lowest BCUT2D eigenvalue weighted by Crippen LogP contribution is -2.41. The largest absolute Gasteiger partial charge is 0.444 e. The Kier molecular flexibility index (Phi) is 4.94. The lowest BCUT2D eigenvalue weighted by atomic mass is 9.91. The maximum Gasteiger partial charge on any atom is 0.410 e. The van der Waals surface area contributed by atoms with Gasteiger partial charge in [0, 0.05) is 13.1 Å². The molecular formula is C14H19Cl2N3O2. The number of carbonyl (C=O) groups excluding carboxylic acids is 1. The van der Waals surface area contributed by atoms with E-state index in [1.165, 1.54) is 0 Å². The highest BCUT2D eigenvalue weighted by Gasteiger charge is 2.28. The highest BCUT2D eigenvalue weighted by atomic mass is 35.5. The summed E-state index contributed by atoms with van der Waals surface area (Å²) in [5, 5.41) is 8.27. The van der Waals surface area contributed by atoms with Crippen LogP contribution in [0, 0.1) is 0 Å². The molecule has 2 rings (SSSR count). The molecule has 0 unspecified atom stereocenters. The molecule has 2 heterocycles. The second-order valence-corrected chi connectivity index (χ2v) is 6.90. The molecule has 0 radical (unpaired) electrons. The standard InChI is InChI=1S/C14H19Cl2N3O2/c1-14(2,3)21-13(20)19-6-4-9(5-7-19)10-8-11(15)17-18-12(10)16/h8-9H,4-7H2,1-3H3. The fourth-order valence-corrected chi connectivity index (χ4v) is 2.75. The summed E-state index contributed by atoms with van der Waals surface area (Å²) in [4.78, 5) is 13.7. The van der Waals surface area contributed by atoms with Gasteiger partial charge in [-0.15, -0.1) is 10.2 Å². The van der Waals surface area contributed by atoms with Crippen LogP contribution in [-0.4, -0.2) is 39.9 Å². The Balaban J connectivity index is 1.97. The molecule has 0 saturated carbocycles. The van der Waals surface area contributed by atoms with Gasteiger partial charge in [0.05, 0.1) is 0 Å². The zero-order valence-corrected chi connectivity index (χ0v) is 13.9. The number of amides is 1. The third-order valence-corrected chi connectivity index (χ3v) is 3.81. The van der Waals surface area contributed by atoms with Crippen molar-refractivity contribution in [1.82, 2.24) is 15.1 Å². The maximum atomic E-state index is 12.0. The first-order valence-corrected chi connectivity index (χ1v) is 7.68. The molecule has 1 amide bonds. The average Bonchev–Trinajstić information content (AvgIpc) is 2.40. The summed E-state index contributed by atoms with van der Waals surface area (Å²) >= 11 is 11.9. The van der Waals surface area contributed by atoms with E-state index in [1.54, 1.807) is 11.0 Å². The van der Waals surface area contributed by atoms with Gasteiger partial charge in [-0.2, -0.15) is 0 Å². The van der Waals surface area contributed by atoms with E-state index < -0.39 is 5.60 Å². The molecule has 1 aliphatic heterocycles. The van der Waals surface area contributed by atoms with Crippen LogP contribution in [0.5, 0.6) is 0 Å². The molecule has 0 N–H and O–H groups in total. The highest BCUT2D eigenvalue weighted by molar-refractivity contribution is 6.31. The lowest BCUT2D eigenvalue weighted by Gasteiger charge is -2.33. The Morgan fingerprint density at radius 2 is 1.90 bits per heavy atom. The summed E-state index contributed by atoms with van der Waals surface area (Å²) < 4.78 is 5.38. The fourth-order valence-electron chi connectivity index (χ4n) is 2.35. The van der Waals surface area contributed by atoms with Gasteiger partial charge in [-0.25, -0.2) is 4.79 Å². The van der Waals surface area contributed by atoms with Gasteiger partial charge in [0.15, 0.2) is 10.3 Å². The predicted molar refractivity (Wildman–Crippen MR) is 81.8 cm³/mol. The first kappa shape index (κ1) is 16.3. The molecule has 1 aromatic heterocycles. The number of halogens is 2. The molecule has 1 aliphatic rings. The topological polar surface area (TPSA) is 55.3 Å². The van der Waals surface area contributed by atoms with Gasteiger partial charge in [-0.05, 0) is 51.2 Å². The van der Waals surface area contributed by atoms with Crippen molar-refractivity contribution in [3.8, 4) is 0 Å². The van der Waals surface area contributed by atoms with Crippen molar-refractivity contribution in [2.75, 3.05) is 13.1 Å². The summed E-state index contributed by atoms with van der Waals surface area (Å²) in [6, 6.07) is 1.75. The Bertz CT molecular complexity index is 523. The third kappa shape index (κ3) is 4.45. The zero-order chi connectivity index (χ0) is 15.6. The van der Waals surface area contributed by atoms with Gasteiger partial charge in [0.25, 0.3) is 0 Å². The van der Waals surface area contributed by atoms with Gasteiger partial charge in [-0.3, -0.25) is 0 Å². The van der Waals surface area contributed by atoms with Crippen LogP contribution in [0.3, 0.4) is 0 Å². The van der Waals surface area contributed by atoms with E-state index in [4.69, 9.17) is 27.9 Å². The molecule has 7 heteroatoms. The Labute approximate surface area is 134 Å². The number of hydrogen-bond acceptors (Lipinski definition) is 4. The van der Waals surface area contributed by atoms with E-state index in [9.17, 15) is 4.79 Å². The van der Waals surface area contributed by atoms with E-state index in [2.05, 4.69) is 10.2 Å². The SMILES string of the molecule is CC(C)(C)OC(=O)N1CCC(c2cc(Cl)nnc2Cl)CC1. The van der Waals surface area contributed by atoms with Crippen LogP contribution in [0.4, 0.5) is 4.79 Å². The number of nitrogens with zero attached hydrogens (tertiary/aromatic N) is 3. The second kappa shape index (κ2) is 6.36. The van der Waals surface area contributed by atoms with Gasteiger partial charge < -0.3 is 9.64 Å². The van der Waals surface area contributed by atoms with Crippen molar-refractivity contribution in [3.63, 3.8) is 0 Å². The Morgan fingerprint density at radius 1 is 1.29 bits per heavy atom. The van der Waals surface area contributed by atoms with Gasteiger partial charge in [0.1, 0.15) is 5.60 Å². The minimum absolute atomic E-state index is 0.240. The molecule has 116 valence electrons. The molecule has 0 aliphatic carbocycles. The number of aromatic nitrogens is 2. The van der Waals surface area contributed by atoms with Crippen LogP contribution in [0.2, 0.25) is 10.3 Å². The van der Waals surface area contributed by atoms with Crippen LogP contribution in [-0.2, 0) is 4.74 Å². The van der Waals surface area contributed by atoms with Crippen molar-refractivity contribution in [2.45, 2.75) is 45.1 Å². The average molecular weight is 332 g/mol. The maximum absolute atomic E-state index is 12.0. The lowest BCUT2D eigenvalue weighted by molar-refractivity contribution is 0.0205. The molecule has 0 spiro atoms. The number of carbonyl (C=O) groups is 1.